The fraction of sp³-hybridized carbons (Fsp3) is 0.357. The predicted molar refractivity (Wildman–Crippen MR) is 84.5 cm³/mol. The van der Waals surface area contributed by atoms with E-state index in [-0.39, 0.29) is 12.5 Å². The zero-order valence-electron chi connectivity index (χ0n) is 11.2. The summed E-state index contributed by atoms with van der Waals surface area (Å²) < 4.78 is 0.940. The summed E-state index contributed by atoms with van der Waals surface area (Å²) in [6, 6.07) is 5.42. The summed E-state index contributed by atoms with van der Waals surface area (Å²) >= 11 is 7.33. The lowest BCUT2D eigenvalue weighted by atomic mass is 10.2. The topological polar surface area (TPSA) is 66.6 Å². The third-order valence-electron chi connectivity index (χ3n) is 3.03. The first-order chi connectivity index (χ1) is 9.58. The molecule has 6 heteroatoms. The lowest BCUT2D eigenvalue weighted by Gasteiger charge is -2.20. The Kier molecular flexibility index (Phi) is 4.86. The van der Waals surface area contributed by atoms with Crippen LogP contribution in [0.25, 0.3) is 10.1 Å². The van der Waals surface area contributed by atoms with Gasteiger partial charge in [-0.1, -0.05) is 18.5 Å². The number of carbonyl (C=O) groups is 1. The number of fused-ring (bicyclic) bond motifs is 1. The molecule has 0 saturated carbocycles. The molecule has 20 heavy (non-hydrogen) atoms. The highest BCUT2D eigenvalue weighted by molar-refractivity contribution is 7.21. The molecule has 0 radical (unpaired) electrons. The summed E-state index contributed by atoms with van der Waals surface area (Å²) in [4.78, 5) is 14.7. The van der Waals surface area contributed by atoms with Crippen molar-refractivity contribution in [3.8, 4) is 0 Å². The van der Waals surface area contributed by atoms with Crippen molar-refractivity contribution in [3.05, 3.63) is 28.1 Å². The van der Waals surface area contributed by atoms with Crippen LogP contribution in [0.15, 0.2) is 18.2 Å². The zero-order chi connectivity index (χ0) is 14.7. The third-order valence-corrected chi connectivity index (χ3v) is 4.44. The number of rotatable bonds is 5. The first-order valence-electron chi connectivity index (χ1n) is 6.46. The third kappa shape index (κ3) is 2.90. The summed E-state index contributed by atoms with van der Waals surface area (Å²) in [5.41, 5.74) is 6.55. The summed E-state index contributed by atoms with van der Waals surface area (Å²) in [5, 5.41) is 10.5. The van der Waals surface area contributed by atoms with Crippen molar-refractivity contribution in [2.75, 3.05) is 25.4 Å². The Bertz CT molecular complexity index is 621. The van der Waals surface area contributed by atoms with Crippen molar-refractivity contribution >= 4 is 44.6 Å². The number of anilines is 1. The molecule has 0 saturated heterocycles. The minimum absolute atomic E-state index is 0.0532. The van der Waals surface area contributed by atoms with E-state index in [0.717, 1.165) is 16.5 Å². The van der Waals surface area contributed by atoms with E-state index in [1.54, 1.807) is 17.0 Å². The number of halogens is 1. The first kappa shape index (κ1) is 15.1. The Hall–Kier alpha value is -1.30. The van der Waals surface area contributed by atoms with E-state index in [9.17, 15) is 4.79 Å². The van der Waals surface area contributed by atoms with Gasteiger partial charge in [0.05, 0.1) is 12.3 Å². The van der Waals surface area contributed by atoms with E-state index >= 15 is 0 Å². The second-order valence-corrected chi connectivity index (χ2v) is 5.99. The maximum absolute atomic E-state index is 12.5. The number of thiophene rings is 1. The average molecular weight is 313 g/mol. The Morgan fingerprint density at radius 3 is 2.85 bits per heavy atom. The van der Waals surface area contributed by atoms with E-state index in [1.165, 1.54) is 11.3 Å². The molecule has 1 aromatic carbocycles. The summed E-state index contributed by atoms with van der Waals surface area (Å²) in [6.07, 6.45) is 0.836. The van der Waals surface area contributed by atoms with Gasteiger partial charge in [-0.05, 0) is 24.6 Å². The van der Waals surface area contributed by atoms with Crippen molar-refractivity contribution in [3.63, 3.8) is 0 Å². The molecule has 0 aliphatic rings. The normalized spacial score (nSPS) is 10.9. The average Bonchev–Trinajstić information content (AvgIpc) is 2.75. The number of aliphatic hydroxyl groups is 1. The minimum atomic E-state index is -0.129. The first-order valence-corrected chi connectivity index (χ1v) is 7.65. The molecule has 1 aromatic heterocycles. The molecule has 2 rings (SSSR count). The largest absolute Gasteiger partial charge is 0.397 e. The molecule has 0 aliphatic heterocycles. The molecule has 0 fully saturated rings. The number of benzene rings is 1. The van der Waals surface area contributed by atoms with Gasteiger partial charge in [0.15, 0.2) is 0 Å². The molecular weight excluding hydrogens is 296 g/mol. The van der Waals surface area contributed by atoms with Gasteiger partial charge in [-0.3, -0.25) is 4.79 Å². The second-order valence-electron chi connectivity index (χ2n) is 4.50. The zero-order valence-corrected chi connectivity index (χ0v) is 12.8. The van der Waals surface area contributed by atoms with Gasteiger partial charge in [0.1, 0.15) is 4.88 Å². The van der Waals surface area contributed by atoms with Crippen LogP contribution < -0.4 is 5.73 Å². The van der Waals surface area contributed by atoms with Crippen LogP contribution in [-0.4, -0.2) is 35.6 Å². The number of carbonyl (C=O) groups excluding carboxylic acids is 1. The number of nitrogens with two attached hydrogens (primary N) is 1. The van der Waals surface area contributed by atoms with Gasteiger partial charge in [-0.2, -0.15) is 0 Å². The number of nitrogens with zero attached hydrogens (tertiary/aromatic N) is 1. The number of aliphatic hydroxyl groups excluding tert-OH is 1. The van der Waals surface area contributed by atoms with Gasteiger partial charge in [-0.15, -0.1) is 11.3 Å². The van der Waals surface area contributed by atoms with Gasteiger partial charge >= 0.3 is 0 Å². The SMILES string of the molecule is CCCN(CCO)C(=O)c1sc2ccc(Cl)cc2c1N. The monoisotopic (exact) mass is 312 g/mol. The van der Waals surface area contributed by atoms with Crippen LogP contribution in [0.4, 0.5) is 5.69 Å². The highest BCUT2D eigenvalue weighted by Crippen LogP contribution is 2.35. The maximum atomic E-state index is 12.5. The lowest BCUT2D eigenvalue weighted by molar-refractivity contribution is 0.0728. The standard InChI is InChI=1S/C14H17ClN2O2S/c1-2-5-17(6-7-18)14(19)13-12(16)10-8-9(15)3-4-11(10)20-13/h3-4,8,18H,2,5-7,16H2,1H3. The van der Waals surface area contributed by atoms with Gasteiger partial charge in [-0.25, -0.2) is 0 Å². The minimum Gasteiger partial charge on any atom is -0.397 e. The molecule has 0 bridgehead atoms. The predicted octanol–water partition coefficient (Wildman–Crippen LogP) is 2.98. The smallest absolute Gasteiger partial charge is 0.266 e. The van der Waals surface area contributed by atoms with Crippen LogP contribution in [0.5, 0.6) is 0 Å². The number of hydrogen-bond donors (Lipinski definition) is 2. The molecule has 0 atom stereocenters. The van der Waals surface area contributed by atoms with Crippen LogP contribution in [0.2, 0.25) is 5.02 Å². The number of nitrogen functional groups attached to an aromatic ring is 1. The molecule has 2 aromatic rings. The van der Waals surface area contributed by atoms with Crippen LogP contribution >= 0.6 is 22.9 Å². The highest BCUT2D eigenvalue weighted by Gasteiger charge is 2.21. The van der Waals surface area contributed by atoms with E-state index < -0.39 is 0 Å². The molecule has 3 N–H and O–H groups in total. The quantitative estimate of drug-likeness (QED) is 0.892. The van der Waals surface area contributed by atoms with Crippen molar-refractivity contribution < 1.29 is 9.90 Å². The molecule has 0 unspecified atom stereocenters. The molecular formula is C14H17ClN2O2S. The van der Waals surface area contributed by atoms with Gasteiger partial charge in [0.25, 0.3) is 5.91 Å². The Balaban J connectivity index is 2.40. The van der Waals surface area contributed by atoms with Crippen LogP contribution in [0.3, 0.4) is 0 Å². The van der Waals surface area contributed by atoms with Crippen LogP contribution in [-0.2, 0) is 0 Å². The van der Waals surface area contributed by atoms with E-state index in [4.69, 9.17) is 22.4 Å². The van der Waals surface area contributed by atoms with Crippen molar-refractivity contribution in [2.24, 2.45) is 0 Å². The highest BCUT2D eigenvalue weighted by atomic mass is 35.5. The lowest BCUT2D eigenvalue weighted by Crippen LogP contribution is -2.34. The number of hydrogen-bond acceptors (Lipinski definition) is 4. The van der Waals surface area contributed by atoms with E-state index in [2.05, 4.69) is 0 Å². The molecule has 1 amide bonds. The molecule has 108 valence electrons. The van der Waals surface area contributed by atoms with Gasteiger partial charge < -0.3 is 15.7 Å². The fourth-order valence-electron chi connectivity index (χ4n) is 2.10. The second kappa shape index (κ2) is 6.43. The molecule has 1 heterocycles. The molecule has 0 aliphatic carbocycles. The van der Waals surface area contributed by atoms with Crippen LogP contribution in [0, 0.1) is 0 Å². The summed E-state index contributed by atoms with van der Waals surface area (Å²) in [5.74, 6) is -0.129. The Morgan fingerprint density at radius 1 is 1.45 bits per heavy atom. The van der Waals surface area contributed by atoms with Crippen molar-refractivity contribution in [1.82, 2.24) is 4.90 Å². The maximum Gasteiger partial charge on any atom is 0.266 e. The van der Waals surface area contributed by atoms with Gasteiger partial charge in [0.2, 0.25) is 0 Å². The van der Waals surface area contributed by atoms with E-state index in [0.29, 0.717) is 28.7 Å². The Labute approximate surface area is 126 Å². The molecule has 0 spiro atoms. The Morgan fingerprint density at radius 2 is 2.20 bits per heavy atom. The summed E-state index contributed by atoms with van der Waals surface area (Å²) in [6.45, 7) is 2.86. The van der Waals surface area contributed by atoms with Crippen LogP contribution in [0.1, 0.15) is 23.0 Å². The fourth-order valence-corrected chi connectivity index (χ4v) is 3.34. The number of amides is 1. The van der Waals surface area contributed by atoms with Gasteiger partial charge in [0, 0.05) is 28.2 Å². The summed E-state index contributed by atoms with van der Waals surface area (Å²) in [7, 11) is 0. The van der Waals surface area contributed by atoms with Crippen molar-refractivity contribution in [1.29, 1.82) is 0 Å². The van der Waals surface area contributed by atoms with Crippen molar-refractivity contribution in [2.45, 2.75) is 13.3 Å². The van der Waals surface area contributed by atoms with E-state index in [1.807, 2.05) is 13.0 Å². The molecule has 4 nitrogen and oxygen atoms in total.